The Morgan fingerprint density at radius 2 is 1.95 bits per heavy atom. The van der Waals surface area contributed by atoms with E-state index >= 15 is 0 Å². The first-order valence-corrected chi connectivity index (χ1v) is 7.74. The van der Waals surface area contributed by atoms with Crippen LogP contribution in [0, 0.1) is 0 Å². The molecule has 0 bridgehead atoms. The van der Waals surface area contributed by atoms with Crippen molar-refractivity contribution < 1.29 is 5.11 Å². The first-order chi connectivity index (χ1) is 9.88. The van der Waals surface area contributed by atoms with Gasteiger partial charge in [0.25, 0.3) is 0 Å². The van der Waals surface area contributed by atoms with Gasteiger partial charge < -0.3 is 10.4 Å². The third-order valence-corrected chi connectivity index (χ3v) is 4.59. The van der Waals surface area contributed by atoms with E-state index < -0.39 is 0 Å². The number of hydrogen-bond donors (Lipinski definition) is 2. The molecular weight excluding hydrogens is 250 g/mol. The lowest BCUT2D eigenvalue weighted by Gasteiger charge is -2.39. The molecule has 0 spiro atoms. The van der Waals surface area contributed by atoms with Gasteiger partial charge in [-0.25, -0.2) is 0 Å². The molecule has 1 fully saturated rings. The summed E-state index contributed by atoms with van der Waals surface area (Å²) in [5.41, 5.74) is 2.96. The van der Waals surface area contributed by atoms with Crippen molar-refractivity contribution in [3.63, 3.8) is 0 Å². The number of piperazine rings is 1. The van der Waals surface area contributed by atoms with E-state index in [1.165, 1.54) is 17.5 Å². The Hall–Kier alpha value is -0.940. The predicted molar refractivity (Wildman–Crippen MR) is 80.6 cm³/mol. The number of aliphatic hydroxyl groups is 1. The van der Waals surface area contributed by atoms with Gasteiger partial charge >= 0.3 is 0 Å². The van der Waals surface area contributed by atoms with Crippen LogP contribution >= 0.6 is 0 Å². The average Bonchev–Trinajstić information content (AvgIpc) is 2.71. The SMILES string of the molecule is OCCN1CCN(C2CCNCc3ccccc32)CC1. The minimum Gasteiger partial charge on any atom is -0.395 e. The van der Waals surface area contributed by atoms with Crippen molar-refractivity contribution in [3.8, 4) is 0 Å². The third-order valence-electron chi connectivity index (χ3n) is 4.59. The summed E-state index contributed by atoms with van der Waals surface area (Å²) < 4.78 is 0. The Labute approximate surface area is 121 Å². The molecule has 1 aromatic rings. The Morgan fingerprint density at radius 3 is 2.75 bits per heavy atom. The summed E-state index contributed by atoms with van der Waals surface area (Å²) in [6.45, 7) is 7.55. The zero-order valence-corrected chi connectivity index (χ0v) is 12.1. The molecule has 0 amide bonds. The topological polar surface area (TPSA) is 38.7 Å². The molecule has 1 unspecified atom stereocenters. The normalized spacial score (nSPS) is 25.1. The maximum atomic E-state index is 9.04. The number of hydrogen-bond acceptors (Lipinski definition) is 4. The highest BCUT2D eigenvalue weighted by Crippen LogP contribution is 2.29. The second kappa shape index (κ2) is 6.68. The van der Waals surface area contributed by atoms with Crippen molar-refractivity contribution in [2.45, 2.75) is 19.0 Å². The van der Waals surface area contributed by atoms with E-state index in [2.05, 4.69) is 39.4 Å². The fraction of sp³-hybridized carbons (Fsp3) is 0.625. The summed E-state index contributed by atoms with van der Waals surface area (Å²) in [6, 6.07) is 9.41. The fourth-order valence-corrected chi connectivity index (χ4v) is 3.46. The number of nitrogens with one attached hydrogen (secondary N) is 1. The van der Waals surface area contributed by atoms with Crippen LogP contribution in [0.25, 0.3) is 0 Å². The largest absolute Gasteiger partial charge is 0.395 e. The summed E-state index contributed by atoms with van der Waals surface area (Å²) >= 11 is 0. The van der Waals surface area contributed by atoms with E-state index in [1.54, 1.807) is 0 Å². The van der Waals surface area contributed by atoms with Crippen molar-refractivity contribution in [2.75, 3.05) is 45.9 Å². The molecule has 3 rings (SSSR count). The van der Waals surface area contributed by atoms with E-state index in [0.29, 0.717) is 6.04 Å². The Balaban J connectivity index is 1.71. The second-order valence-electron chi connectivity index (χ2n) is 5.78. The van der Waals surface area contributed by atoms with Crippen LogP contribution in [0.2, 0.25) is 0 Å². The summed E-state index contributed by atoms with van der Waals surface area (Å²) in [4.78, 5) is 4.98. The third kappa shape index (κ3) is 3.04. The lowest BCUT2D eigenvalue weighted by Crippen LogP contribution is -2.48. The van der Waals surface area contributed by atoms with Gasteiger partial charge in [0.1, 0.15) is 0 Å². The minimum absolute atomic E-state index is 0.274. The van der Waals surface area contributed by atoms with Crippen LogP contribution in [-0.2, 0) is 6.54 Å². The van der Waals surface area contributed by atoms with E-state index in [1.807, 2.05) is 0 Å². The molecule has 0 aromatic heterocycles. The molecule has 0 saturated carbocycles. The van der Waals surface area contributed by atoms with Crippen molar-refractivity contribution in [2.24, 2.45) is 0 Å². The van der Waals surface area contributed by atoms with Gasteiger partial charge in [0.05, 0.1) is 6.61 Å². The highest BCUT2D eigenvalue weighted by molar-refractivity contribution is 5.31. The number of rotatable bonds is 3. The van der Waals surface area contributed by atoms with Gasteiger partial charge in [0, 0.05) is 45.3 Å². The molecule has 4 nitrogen and oxygen atoms in total. The second-order valence-corrected chi connectivity index (χ2v) is 5.78. The number of fused-ring (bicyclic) bond motifs is 1. The van der Waals surface area contributed by atoms with Crippen LogP contribution in [-0.4, -0.2) is 60.8 Å². The molecule has 0 radical (unpaired) electrons. The predicted octanol–water partition coefficient (Wildman–Crippen LogP) is 0.831. The Morgan fingerprint density at radius 1 is 1.15 bits per heavy atom. The molecule has 1 saturated heterocycles. The van der Waals surface area contributed by atoms with Crippen LogP contribution in [0.5, 0.6) is 0 Å². The van der Waals surface area contributed by atoms with Crippen LogP contribution in [0.1, 0.15) is 23.6 Å². The van der Waals surface area contributed by atoms with Crippen molar-refractivity contribution in [3.05, 3.63) is 35.4 Å². The number of aliphatic hydroxyl groups excluding tert-OH is 1. The fourth-order valence-electron chi connectivity index (χ4n) is 3.46. The zero-order valence-electron chi connectivity index (χ0n) is 12.1. The lowest BCUT2D eigenvalue weighted by atomic mass is 9.97. The number of β-amino-alcohol motifs (C(OH)–C–C–N with tert-alkyl or cyclic N) is 1. The summed E-state index contributed by atoms with van der Waals surface area (Å²) in [7, 11) is 0. The molecule has 2 aliphatic heterocycles. The standard InChI is InChI=1S/C16H25N3O/c20-12-11-18-7-9-19(10-8-18)16-5-6-17-13-14-3-1-2-4-15(14)16/h1-4,16-17,20H,5-13H2. The zero-order chi connectivity index (χ0) is 13.8. The average molecular weight is 275 g/mol. The molecule has 2 heterocycles. The van der Waals surface area contributed by atoms with E-state index in [4.69, 9.17) is 5.11 Å². The van der Waals surface area contributed by atoms with Crippen LogP contribution in [0.3, 0.4) is 0 Å². The molecule has 110 valence electrons. The molecule has 0 aliphatic carbocycles. The number of nitrogens with zero attached hydrogens (tertiary/aromatic N) is 2. The van der Waals surface area contributed by atoms with Gasteiger partial charge in [-0.05, 0) is 24.1 Å². The molecule has 1 aromatic carbocycles. The Bertz CT molecular complexity index is 429. The molecule has 20 heavy (non-hydrogen) atoms. The van der Waals surface area contributed by atoms with Crippen molar-refractivity contribution >= 4 is 0 Å². The van der Waals surface area contributed by atoms with Crippen molar-refractivity contribution in [1.29, 1.82) is 0 Å². The summed E-state index contributed by atoms with van der Waals surface area (Å²) in [5, 5.41) is 12.6. The smallest absolute Gasteiger partial charge is 0.0558 e. The summed E-state index contributed by atoms with van der Waals surface area (Å²) in [6.07, 6.45) is 1.19. The van der Waals surface area contributed by atoms with Gasteiger partial charge in [-0.15, -0.1) is 0 Å². The first-order valence-electron chi connectivity index (χ1n) is 7.74. The van der Waals surface area contributed by atoms with E-state index in [-0.39, 0.29) is 6.61 Å². The maximum Gasteiger partial charge on any atom is 0.0558 e. The monoisotopic (exact) mass is 275 g/mol. The van der Waals surface area contributed by atoms with Gasteiger partial charge in [-0.3, -0.25) is 9.80 Å². The van der Waals surface area contributed by atoms with E-state index in [0.717, 1.165) is 45.8 Å². The molecule has 4 heteroatoms. The van der Waals surface area contributed by atoms with Crippen molar-refractivity contribution in [1.82, 2.24) is 15.1 Å². The van der Waals surface area contributed by atoms with Crippen LogP contribution in [0.15, 0.2) is 24.3 Å². The number of benzene rings is 1. The van der Waals surface area contributed by atoms with Gasteiger partial charge in [-0.1, -0.05) is 24.3 Å². The Kier molecular flexibility index (Phi) is 4.68. The van der Waals surface area contributed by atoms with Crippen LogP contribution in [0.4, 0.5) is 0 Å². The van der Waals surface area contributed by atoms with Gasteiger partial charge in [0.2, 0.25) is 0 Å². The summed E-state index contributed by atoms with van der Waals surface area (Å²) in [5.74, 6) is 0. The lowest BCUT2D eigenvalue weighted by molar-refractivity contribution is 0.0810. The molecular formula is C16H25N3O. The minimum atomic E-state index is 0.274. The first kappa shape index (κ1) is 14.0. The maximum absolute atomic E-state index is 9.04. The molecule has 1 atom stereocenters. The highest BCUT2D eigenvalue weighted by Gasteiger charge is 2.27. The van der Waals surface area contributed by atoms with Gasteiger partial charge in [-0.2, -0.15) is 0 Å². The van der Waals surface area contributed by atoms with Gasteiger partial charge in [0.15, 0.2) is 0 Å². The highest BCUT2D eigenvalue weighted by atomic mass is 16.3. The van der Waals surface area contributed by atoms with Crippen LogP contribution < -0.4 is 5.32 Å². The quantitative estimate of drug-likeness (QED) is 0.857. The molecule has 2 aliphatic rings. The van der Waals surface area contributed by atoms with E-state index in [9.17, 15) is 0 Å². The molecule has 2 N–H and O–H groups in total.